The first-order valence-electron chi connectivity index (χ1n) is 5.32. The molecule has 1 heterocycles. The average Bonchev–Trinajstić information content (AvgIpc) is 2.68. The highest BCUT2D eigenvalue weighted by Gasteiger charge is 2.21. The smallest absolute Gasteiger partial charge is 0.226 e. The van der Waals surface area contributed by atoms with Gasteiger partial charge in [-0.05, 0) is 12.8 Å². The Hall–Kier alpha value is -1.16. The minimum absolute atomic E-state index is 0.0292. The number of imidazole rings is 1. The summed E-state index contributed by atoms with van der Waals surface area (Å²) < 4.78 is 6.99. The van der Waals surface area contributed by atoms with E-state index in [0.29, 0.717) is 12.2 Å². The Labute approximate surface area is 90.3 Å². The summed E-state index contributed by atoms with van der Waals surface area (Å²) in [7, 11) is 1.55. The summed E-state index contributed by atoms with van der Waals surface area (Å²) >= 11 is 0. The van der Waals surface area contributed by atoms with Crippen LogP contribution in [0.1, 0.15) is 37.3 Å². The SMILES string of the molecule is CCCn1ccnc1C(=O)C(CC)OC. The minimum Gasteiger partial charge on any atom is -0.373 e. The van der Waals surface area contributed by atoms with Gasteiger partial charge in [0.2, 0.25) is 5.78 Å². The van der Waals surface area contributed by atoms with Crippen molar-refractivity contribution in [1.82, 2.24) is 9.55 Å². The van der Waals surface area contributed by atoms with Crippen molar-refractivity contribution in [2.45, 2.75) is 39.3 Å². The fourth-order valence-corrected chi connectivity index (χ4v) is 1.56. The summed E-state index contributed by atoms with van der Waals surface area (Å²) in [5.41, 5.74) is 0. The van der Waals surface area contributed by atoms with E-state index >= 15 is 0 Å². The Morgan fingerprint density at radius 1 is 1.60 bits per heavy atom. The molecule has 84 valence electrons. The number of aryl methyl sites for hydroxylation is 1. The number of carbonyl (C=O) groups excluding carboxylic acids is 1. The molecule has 4 nitrogen and oxygen atoms in total. The molecule has 0 aromatic carbocycles. The van der Waals surface area contributed by atoms with Gasteiger partial charge in [-0.25, -0.2) is 4.98 Å². The number of carbonyl (C=O) groups is 1. The minimum atomic E-state index is -0.372. The van der Waals surface area contributed by atoms with Gasteiger partial charge >= 0.3 is 0 Å². The lowest BCUT2D eigenvalue weighted by atomic mass is 10.1. The molecule has 0 N–H and O–H groups in total. The van der Waals surface area contributed by atoms with Crippen molar-refractivity contribution < 1.29 is 9.53 Å². The first kappa shape index (κ1) is 11.9. The van der Waals surface area contributed by atoms with E-state index in [2.05, 4.69) is 11.9 Å². The van der Waals surface area contributed by atoms with Gasteiger partial charge in [0.25, 0.3) is 0 Å². The molecule has 0 spiro atoms. The summed E-state index contributed by atoms with van der Waals surface area (Å²) in [5, 5.41) is 0. The monoisotopic (exact) mass is 210 g/mol. The third-order valence-electron chi connectivity index (χ3n) is 2.35. The van der Waals surface area contributed by atoms with Crippen LogP contribution in [0.2, 0.25) is 0 Å². The summed E-state index contributed by atoms with van der Waals surface area (Å²) in [6.45, 7) is 4.82. The zero-order chi connectivity index (χ0) is 11.3. The van der Waals surface area contributed by atoms with Crippen LogP contribution < -0.4 is 0 Å². The van der Waals surface area contributed by atoms with E-state index in [9.17, 15) is 4.79 Å². The van der Waals surface area contributed by atoms with Crippen molar-refractivity contribution in [2.75, 3.05) is 7.11 Å². The van der Waals surface area contributed by atoms with Gasteiger partial charge in [0, 0.05) is 26.0 Å². The maximum absolute atomic E-state index is 12.0. The van der Waals surface area contributed by atoms with Gasteiger partial charge in [0.05, 0.1) is 0 Å². The predicted molar refractivity (Wildman–Crippen MR) is 57.9 cm³/mol. The fraction of sp³-hybridized carbons (Fsp3) is 0.636. The summed E-state index contributed by atoms with van der Waals surface area (Å²) in [6, 6.07) is 0. The van der Waals surface area contributed by atoms with Gasteiger partial charge in [-0.15, -0.1) is 0 Å². The number of ketones is 1. The molecule has 0 amide bonds. The lowest BCUT2D eigenvalue weighted by Crippen LogP contribution is -2.25. The van der Waals surface area contributed by atoms with Crippen LogP contribution in [0.3, 0.4) is 0 Å². The molecule has 0 saturated carbocycles. The van der Waals surface area contributed by atoms with Crippen LogP contribution >= 0.6 is 0 Å². The first-order chi connectivity index (χ1) is 7.24. The van der Waals surface area contributed by atoms with Gasteiger partial charge in [-0.3, -0.25) is 4.79 Å². The molecule has 0 bridgehead atoms. The zero-order valence-corrected chi connectivity index (χ0v) is 9.56. The number of nitrogens with zero attached hydrogens (tertiary/aromatic N) is 2. The Balaban J connectivity index is 2.84. The van der Waals surface area contributed by atoms with Crippen LogP contribution in [0.15, 0.2) is 12.4 Å². The lowest BCUT2D eigenvalue weighted by molar-refractivity contribution is 0.0580. The van der Waals surface area contributed by atoms with Gasteiger partial charge in [0.1, 0.15) is 6.10 Å². The highest BCUT2D eigenvalue weighted by atomic mass is 16.5. The van der Waals surface area contributed by atoms with Crippen molar-refractivity contribution in [3.8, 4) is 0 Å². The molecular weight excluding hydrogens is 192 g/mol. The number of Topliss-reactive ketones (excluding diaryl/α,β-unsaturated/α-hetero) is 1. The van der Waals surface area contributed by atoms with Crippen LogP contribution in [0, 0.1) is 0 Å². The summed E-state index contributed by atoms with van der Waals surface area (Å²) in [6.07, 6.45) is 4.78. The molecule has 1 atom stereocenters. The highest BCUT2D eigenvalue weighted by molar-refractivity contribution is 5.96. The molecule has 15 heavy (non-hydrogen) atoms. The Morgan fingerprint density at radius 2 is 2.33 bits per heavy atom. The number of ether oxygens (including phenoxy) is 1. The molecule has 4 heteroatoms. The Bertz CT molecular complexity index is 316. The maximum Gasteiger partial charge on any atom is 0.226 e. The standard InChI is InChI=1S/C11H18N2O2/c1-4-7-13-8-6-12-11(13)10(14)9(5-2)15-3/h6,8-9H,4-5,7H2,1-3H3. The number of methoxy groups -OCH3 is 1. The van der Waals surface area contributed by atoms with E-state index < -0.39 is 0 Å². The fourth-order valence-electron chi connectivity index (χ4n) is 1.56. The van der Waals surface area contributed by atoms with E-state index in [0.717, 1.165) is 13.0 Å². The predicted octanol–water partition coefficient (Wildman–Crippen LogP) is 1.90. The van der Waals surface area contributed by atoms with Crippen molar-refractivity contribution in [3.63, 3.8) is 0 Å². The second-order valence-corrected chi connectivity index (χ2v) is 3.44. The maximum atomic E-state index is 12.0. The van der Waals surface area contributed by atoms with Crippen LogP contribution in [0.5, 0.6) is 0 Å². The topological polar surface area (TPSA) is 44.1 Å². The van der Waals surface area contributed by atoms with Gasteiger partial charge in [-0.2, -0.15) is 0 Å². The third-order valence-corrected chi connectivity index (χ3v) is 2.35. The van der Waals surface area contributed by atoms with E-state index in [1.54, 1.807) is 13.3 Å². The number of hydrogen-bond donors (Lipinski definition) is 0. The zero-order valence-electron chi connectivity index (χ0n) is 9.56. The molecule has 0 aliphatic heterocycles. The molecule has 0 radical (unpaired) electrons. The van der Waals surface area contributed by atoms with Crippen LogP contribution in [0.4, 0.5) is 0 Å². The molecule has 0 aliphatic rings. The Morgan fingerprint density at radius 3 is 2.87 bits per heavy atom. The summed E-state index contributed by atoms with van der Waals surface area (Å²) in [4.78, 5) is 16.0. The van der Waals surface area contributed by atoms with Gasteiger partial charge < -0.3 is 9.30 Å². The molecule has 0 aliphatic carbocycles. The van der Waals surface area contributed by atoms with E-state index in [1.807, 2.05) is 17.7 Å². The quantitative estimate of drug-likeness (QED) is 0.673. The molecule has 1 unspecified atom stereocenters. The van der Waals surface area contributed by atoms with Crippen molar-refractivity contribution in [2.24, 2.45) is 0 Å². The molecule has 1 rings (SSSR count). The van der Waals surface area contributed by atoms with Gasteiger partial charge in [-0.1, -0.05) is 13.8 Å². The number of aromatic nitrogens is 2. The van der Waals surface area contributed by atoms with Crippen molar-refractivity contribution in [3.05, 3.63) is 18.2 Å². The average molecular weight is 210 g/mol. The largest absolute Gasteiger partial charge is 0.373 e. The van der Waals surface area contributed by atoms with E-state index in [4.69, 9.17) is 4.74 Å². The van der Waals surface area contributed by atoms with Gasteiger partial charge in [0.15, 0.2) is 5.82 Å². The molecule has 0 fully saturated rings. The number of rotatable bonds is 6. The second-order valence-electron chi connectivity index (χ2n) is 3.44. The number of hydrogen-bond acceptors (Lipinski definition) is 3. The normalized spacial score (nSPS) is 12.7. The second kappa shape index (κ2) is 5.66. The molecule has 1 aromatic rings. The first-order valence-corrected chi connectivity index (χ1v) is 5.32. The highest BCUT2D eigenvalue weighted by Crippen LogP contribution is 2.08. The lowest BCUT2D eigenvalue weighted by Gasteiger charge is -2.12. The van der Waals surface area contributed by atoms with Crippen LogP contribution in [-0.4, -0.2) is 28.5 Å². The third kappa shape index (κ3) is 2.65. The van der Waals surface area contributed by atoms with E-state index in [-0.39, 0.29) is 11.9 Å². The molecule has 0 saturated heterocycles. The molecular formula is C11H18N2O2. The molecule has 1 aromatic heterocycles. The summed E-state index contributed by atoms with van der Waals surface area (Å²) in [5.74, 6) is 0.476. The van der Waals surface area contributed by atoms with Crippen LogP contribution in [0.25, 0.3) is 0 Å². The van der Waals surface area contributed by atoms with Crippen LogP contribution in [-0.2, 0) is 11.3 Å². The van der Waals surface area contributed by atoms with Crippen molar-refractivity contribution >= 4 is 5.78 Å². The van der Waals surface area contributed by atoms with Crippen molar-refractivity contribution in [1.29, 1.82) is 0 Å². The Kier molecular flexibility index (Phi) is 4.49. The van der Waals surface area contributed by atoms with E-state index in [1.165, 1.54) is 0 Å².